The highest BCUT2D eigenvalue weighted by atomic mass is 32.2. The molecule has 35 heavy (non-hydrogen) atoms. The van der Waals surface area contributed by atoms with E-state index in [9.17, 15) is 13.2 Å². The molecule has 0 atom stereocenters. The van der Waals surface area contributed by atoms with Gasteiger partial charge in [0.1, 0.15) is 5.69 Å². The molecular formula is C28H28N2O4S. The maximum atomic E-state index is 11.8. The van der Waals surface area contributed by atoms with Gasteiger partial charge >= 0.3 is 16.1 Å². The van der Waals surface area contributed by atoms with Gasteiger partial charge in [-0.2, -0.15) is 13.5 Å². The molecule has 7 heteroatoms. The Morgan fingerprint density at radius 3 is 1.89 bits per heavy atom. The summed E-state index contributed by atoms with van der Waals surface area (Å²) in [6.07, 6.45) is 1.81. The highest BCUT2D eigenvalue weighted by Crippen LogP contribution is 2.40. The van der Waals surface area contributed by atoms with Crippen molar-refractivity contribution >= 4 is 16.1 Å². The summed E-state index contributed by atoms with van der Waals surface area (Å²) in [4.78, 5) is 11.0. The fourth-order valence-electron chi connectivity index (χ4n) is 4.13. The van der Waals surface area contributed by atoms with E-state index < -0.39 is 16.1 Å². The molecule has 6 nitrogen and oxygen atoms in total. The van der Waals surface area contributed by atoms with Gasteiger partial charge in [0.05, 0.1) is 11.4 Å². The van der Waals surface area contributed by atoms with Gasteiger partial charge < -0.3 is 4.18 Å². The van der Waals surface area contributed by atoms with E-state index in [2.05, 4.69) is 40.6 Å². The van der Waals surface area contributed by atoms with Crippen molar-refractivity contribution < 1.29 is 17.4 Å². The first-order valence-corrected chi connectivity index (χ1v) is 13.2. The number of benzene rings is 3. The Hall–Kier alpha value is -3.71. The summed E-state index contributed by atoms with van der Waals surface area (Å²) in [6, 6.07) is 30.6. The fraction of sp³-hybridized carbons (Fsp3) is 0.214. The number of hydrogen-bond acceptors (Lipinski definition) is 5. The molecule has 0 saturated carbocycles. The number of rotatable bonds is 10. The Labute approximate surface area is 206 Å². The van der Waals surface area contributed by atoms with Crippen molar-refractivity contribution in [2.45, 2.75) is 32.7 Å². The Bertz CT molecular complexity index is 1370. The largest absolute Gasteiger partial charge is 0.346 e. The molecule has 0 amide bonds. The van der Waals surface area contributed by atoms with Crippen LogP contribution in [0.5, 0.6) is 0 Å². The smallest absolute Gasteiger partial charge is 0.319 e. The predicted octanol–water partition coefficient (Wildman–Crippen LogP) is 5.95. The van der Waals surface area contributed by atoms with Crippen LogP contribution in [0.2, 0.25) is 0 Å². The highest BCUT2D eigenvalue weighted by molar-refractivity contribution is 7.87. The molecule has 0 aliphatic carbocycles. The van der Waals surface area contributed by atoms with E-state index in [4.69, 9.17) is 5.10 Å². The second-order valence-electron chi connectivity index (χ2n) is 8.29. The van der Waals surface area contributed by atoms with Gasteiger partial charge in [0, 0.05) is 30.2 Å². The van der Waals surface area contributed by atoms with Crippen LogP contribution in [-0.4, -0.2) is 29.9 Å². The van der Waals surface area contributed by atoms with Crippen LogP contribution in [0.15, 0.2) is 91.0 Å². The molecule has 0 aliphatic rings. The van der Waals surface area contributed by atoms with Crippen LogP contribution >= 0.6 is 0 Å². The molecule has 0 radical (unpaired) electrons. The number of nitrogens with zero attached hydrogens (tertiary/aromatic N) is 2. The van der Waals surface area contributed by atoms with Crippen LogP contribution < -0.4 is 0 Å². The fourth-order valence-corrected chi connectivity index (χ4v) is 5.13. The van der Waals surface area contributed by atoms with Gasteiger partial charge in [-0.15, -0.1) is 0 Å². The Kier molecular flexibility index (Phi) is 7.77. The summed E-state index contributed by atoms with van der Waals surface area (Å²) in [5.41, 5.74) is 6.20. The van der Waals surface area contributed by atoms with Gasteiger partial charge in [-0.25, -0.2) is 0 Å². The molecular weight excluding hydrogens is 460 g/mol. The number of aryl methyl sites for hydroxylation is 1. The van der Waals surface area contributed by atoms with Crippen molar-refractivity contribution in [2.24, 2.45) is 0 Å². The quantitative estimate of drug-likeness (QED) is 0.204. The molecule has 0 N–H and O–H groups in total. The topological polar surface area (TPSA) is 78.3 Å². The predicted molar refractivity (Wildman–Crippen MR) is 138 cm³/mol. The third kappa shape index (κ3) is 6.25. The van der Waals surface area contributed by atoms with E-state index in [0.29, 0.717) is 19.4 Å². The lowest BCUT2D eigenvalue weighted by atomic mass is 9.96. The third-order valence-corrected chi connectivity index (χ3v) is 6.90. The van der Waals surface area contributed by atoms with Crippen molar-refractivity contribution in [3.05, 3.63) is 91.0 Å². The lowest BCUT2D eigenvalue weighted by molar-refractivity contribution is -0.131. The minimum absolute atomic E-state index is 0.179. The molecule has 1 aromatic heterocycles. The average molecular weight is 489 g/mol. The summed E-state index contributed by atoms with van der Waals surface area (Å²) < 4.78 is 30.1. The van der Waals surface area contributed by atoms with Crippen LogP contribution in [0, 0.1) is 0 Å². The van der Waals surface area contributed by atoms with Crippen LogP contribution in [0.3, 0.4) is 0 Å². The van der Waals surface area contributed by atoms with E-state index in [1.54, 1.807) is 0 Å². The zero-order valence-corrected chi connectivity index (χ0v) is 20.4. The van der Waals surface area contributed by atoms with E-state index in [1.165, 1.54) is 0 Å². The highest BCUT2D eigenvalue weighted by Gasteiger charge is 2.22. The summed E-state index contributed by atoms with van der Waals surface area (Å²) in [5, 5.41) is 5.05. The monoisotopic (exact) mass is 488 g/mol. The summed E-state index contributed by atoms with van der Waals surface area (Å²) in [7, 11) is -3.82. The molecule has 0 bridgehead atoms. The van der Waals surface area contributed by atoms with Gasteiger partial charge in [-0.3, -0.25) is 9.48 Å². The molecule has 4 rings (SSSR count). The first-order valence-electron chi connectivity index (χ1n) is 11.6. The average Bonchev–Trinajstić information content (AvgIpc) is 3.24. The van der Waals surface area contributed by atoms with Gasteiger partial charge in [0.25, 0.3) is 0 Å². The van der Waals surface area contributed by atoms with Crippen molar-refractivity contribution in [1.29, 1.82) is 0 Å². The van der Waals surface area contributed by atoms with E-state index in [-0.39, 0.29) is 5.75 Å². The van der Waals surface area contributed by atoms with E-state index in [1.807, 2.05) is 59.3 Å². The van der Waals surface area contributed by atoms with Crippen molar-refractivity contribution in [1.82, 2.24) is 9.78 Å². The lowest BCUT2D eigenvalue weighted by Gasteiger charge is -2.11. The standard InChI is InChI=1S/C28H28N2O4S/c1-22(31)34-35(32,33)21-13-5-12-20-30-28(25-18-10-4-11-19-25)26(23-14-6-2-7-15-23)27(29-30)24-16-8-3-9-17-24/h2-4,6-11,14-19H,5,12-13,20-21H2,1H3. The second-order valence-corrected chi connectivity index (χ2v) is 9.98. The van der Waals surface area contributed by atoms with Crippen molar-refractivity contribution in [2.75, 3.05) is 5.75 Å². The summed E-state index contributed by atoms with van der Waals surface area (Å²) >= 11 is 0. The Balaban J connectivity index is 1.67. The number of carbonyl (C=O) groups excluding carboxylic acids is 1. The number of unbranched alkanes of at least 4 members (excludes halogenated alkanes) is 2. The number of hydrogen-bond donors (Lipinski definition) is 0. The molecule has 180 valence electrons. The second kappa shape index (κ2) is 11.1. The zero-order chi connectivity index (χ0) is 24.7. The summed E-state index contributed by atoms with van der Waals surface area (Å²) in [5.74, 6) is -0.988. The van der Waals surface area contributed by atoms with E-state index in [0.717, 1.165) is 47.0 Å². The van der Waals surface area contributed by atoms with Crippen LogP contribution in [0.4, 0.5) is 0 Å². The maximum Gasteiger partial charge on any atom is 0.319 e. The molecule has 0 unspecified atom stereocenters. The first-order chi connectivity index (χ1) is 16.9. The molecule has 0 spiro atoms. The normalized spacial score (nSPS) is 11.3. The lowest BCUT2D eigenvalue weighted by Crippen LogP contribution is -2.14. The zero-order valence-electron chi connectivity index (χ0n) is 19.6. The Morgan fingerprint density at radius 1 is 0.771 bits per heavy atom. The number of aromatic nitrogens is 2. The van der Waals surface area contributed by atoms with Gasteiger partial charge in [-0.1, -0.05) is 97.4 Å². The molecule has 0 aliphatic heterocycles. The van der Waals surface area contributed by atoms with Crippen LogP contribution in [0.1, 0.15) is 26.2 Å². The van der Waals surface area contributed by atoms with Gasteiger partial charge in [-0.05, 0) is 18.4 Å². The minimum atomic E-state index is -3.82. The minimum Gasteiger partial charge on any atom is -0.346 e. The van der Waals surface area contributed by atoms with Crippen LogP contribution in [-0.2, 0) is 25.6 Å². The molecule has 1 heterocycles. The first kappa shape index (κ1) is 24.4. The van der Waals surface area contributed by atoms with E-state index >= 15 is 0 Å². The molecule has 3 aromatic carbocycles. The van der Waals surface area contributed by atoms with Crippen LogP contribution in [0.25, 0.3) is 33.6 Å². The molecule has 0 saturated heterocycles. The molecule has 4 aromatic rings. The maximum absolute atomic E-state index is 11.8. The summed E-state index contributed by atoms with van der Waals surface area (Å²) in [6.45, 7) is 1.72. The molecule has 0 fully saturated rings. The SMILES string of the molecule is CC(=O)OS(=O)(=O)CCCCCn1nc(-c2ccccc2)c(-c2ccccc2)c1-c1ccccc1. The van der Waals surface area contributed by atoms with Gasteiger partial charge in [0.15, 0.2) is 0 Å². The number of carbonyl (C=O) groups is 1. The van der Waals surface area contributed by atoms with Gasteiger partial charge in [0.2, 0.25) is 0 Å². The third-order valence-electron chi connectivity index (χ3n) is 5.62. The van der Waals surface area contributed by atoms with Crippen molar-refractivity contribution in [3.8, 4) is 33.6 Å². The van der Waals surface area contributed by atoms with Crippen molar-refractivity contribution in [3.63, 3.8) is 0 Å². The Morgan fingerprint density at radius 2 is 1.31 bits per heavy atom.